The first-order chi connectivity index (χ1) is 14.9. The smallest absolute Gasteiger partial charge is 0.349 e. The summed E-state index contributed by atoms with van der Waals surface area (Å²) in [6, 6.07) is 5.17. The van der Waals surface area contributed by atoms with Gasteiger partial charge in [0.1, 0.15) is 6.07 Å². The number of nitrogens with one attached hydrogen (secondary N) is 2. The van der Waals surface area contributed by atoms with E-state index in [4.69, 9.17) is 37.3 Å². The van der Waals surface area contributed by atoms with E-state index in [9.17, 15) is 14.4 Å². The minimum atomic E-state index is -2.43. The summed E-state index contributed by atoms with van der Waals surface area (Å²) in [6.07, 6.45) is 0. The quantitative estimate of drug-likeness (QED) is 0.634. The highest BCUT2D eigenvalue weighted by atomic mass is 35.5. The van der Waals surface area contributed by atoms with Crippen LogP contribution in [0.4, 0.5) is 0 Å². The van der Waals surface area contributed by atoms with E-state index < -0.39 is 35.3 Å². The van der Waals surface area contributed by atoms with Gasteiger partial charge in [-0.3, -0.25) is 14.6 Å². The zero-order chi connectivity index (χ0) is 23.8. The predicted molar refractivity (Wildman–Crippen MR) is 104 cm³/mol. The van der Waals surface area contributed by atoms with Crippen LogP contribution in [0.2, 0.25) is 10.0 Å². The van der Waals surface area contributed by atoms with Crippen LogP contribution >= 0.6 is 23.2 Å². The van der Waals surface area contributed by atoms with Crippen LogP contribution in [0.5, 0.6) is 11.6 Å². The van der Waals surface area contributed by atoms with Crippen molar-refractivity contribution in [2.45, 2.75) is 19.7 Å². The minimum Gasteiger partial charge on any atom is -0.434 e. The van der Waals surface area contributed by atoms with E-state index in [0.717, 1.165) is 10.7 Å². The summed E-state index contributed by atoms with van der Waals surface area (Å²) < 4.78 is 28.7. The summed E-state index contributed by atoms with van der Waals surface area (Å²) >= 11 is 12.4. The molecule has 1 aromatic carbocycles. The monoisotopic (exact) mass is 437 g/mol. The Kier molecular flexibility index (Phi) is 4.50. The maximum Gasteiger partial charge on any atom is 0.349 e. The highest BCUT2D eigenvalue weighted by molar-refractivity contribution is 6.37. The van der Waals surface area contributed by atoms with Gasteiger partial charge in [-0.15, -0.1) is 10.2 Å². The molecule has 0 aliphatic rings. The number of aromatic nitrogens is 5. The average Bonchev–Trinajstić information content (AvgIpc) is 2.70. The predicted octanol–water partition coefficient (Wildman–Crippen LogP) is 2.10. The van der Waals surface area contributed by atoms with Crippen molar-refractivity contribution in [3.8, 4) is 23.4 Å². The number of ether oxygens (including phenoxy) is 1. The second-order valence-corrected chi connectivity index (χ2v) is 6.50. The van der Waals surface area contributed by atoms with Gasteiger partial charge in [0.25, 0.3) is 11.1 Å². The van der Waals surface area contributed by atoms with E-state index in [-0.39, 0.29) is 32.9 Å². The van der Waals surface area contributed by atoms with Crippen LogP contribution in [0, 0.1) is 11.3 Å². The molecule has 3 rings (SSSR count). The average molecular weight is 438 g/mol. The minimum absolute atomic E-state index is 0.0243. The summed E-state index contributed by atoms with van der Waals surface area (Å²) in [5.74, 6) is -1.39. The molecule has 0 spiro atoms. The molecule has 0 amide bonds. The van der Waals surface area contributed by atoms with Crippen LogP contribution in [0.25, 0.3) is 5.69 Å². The van der Waals surface area contributed by atoms with Crippen LogP contribution in [0.3, 0.4) is 0 Å². The van der Waals surface area contributed by atoms with E-state index >= 15 is 0 Å². The molecule has 0 aliphatic heterocycles. The van der Waals surface area contributed by atoms with Gasteiger partial charge in [-0.1, -0.05) is 37.0 Å². The Hall–Kier alpha value is -3.42. The molecule has 29 heavy (non-hydrogen) atoms. The molecule has 1 atom stereocenters. The van der Waals surface area contributed by atoms with Crippen LogP contribution in [-0.4, -0.2) is 25.0 Å². The molecule has 1 unspecified atom stereocenters. The van der Waals surface area contributed by atoms with E-state index in [0.29, 0.717) is 0 Å². The van der Waals surface area contributed by atoms with Gasteiger partial charge in [0.2, 0.25) is 11.6 Å². The lowest BCUT2D eigenvalue weighted by Crippen LogP contribution is -2.33. The zero-order valence-electron chi connectivity index (χ0n) is 17.5. The summed E-state index contributed by atoms with van der Waals surface area (Å²) in [4.78, 5) is 37.5. The van der Waals surface area contributed by atoms with Crippen molar-refractivity contribution in [1.82, 2.24) is 25.0 Å². The number of benzene rings is 1. The molecule has 0 radical (unpaired) electrons. The third-order valence-corrected chi connectivity index (χ3v) is 4.20. The van der Waals surface area contributed by atoms with Gasteiger partial charge in [-0.25, -0.2) is 9.89 Å². The van der Waals surface area contributed by atoms with Crippen molar-refractivity contribution in [3.05, 3.63) is 70.7 Å². The standard InChI is InChI=1S/C17H12Cl2N6O4/c1-7(2)9-5-13(22-23-15(9)26)29-14-10(18)3-8(4-11(14)19)25-17(28)21-16(27)12(6-20)24-25/h3-5,7H,1-2H3,(H,23,26)(H,21,27,28)/i1D3. The number of nitrogens with zero attached hydrogens (tertiary/aromatic N) is 4. The van der Waals surface area contributed by atoms with Crippen molar-refractivity contribution < 1.29 is 8.85 Å². The van der Waals surface area contributed by atoms with Crippen molar-refractivity contribution in [1.29, 1.82) is 5.26 Å². The first kappa shape index (κ1) is 16.5. The largest absolute Gasteiger partial charge is 0.434 e. The van der Waals surface area contributed by atoms with E-state index in [1.165, 1.54) is 19.1 Å². The fraction of sp³-hybridized carbons (Fsp3) is 0.176. The molecule has 0 aliphatic carbocycles. The third kappa shape index (κ3) is 4.06. The van der Waals surface area contributed by atoms with Crippen LogP contribution in [0.1, 0.15) is 35.1 Å². The van der Waals surface area contributed by atoms with E-state index in [1.54, 1.807) is 6.07 Å². The van der Waals surface area contributed by atoms with Gasteiger partial charge >= 0.3 is 5.69 Å². The van der Waals surface area contributed by atoms with Gasteiger partial charge in [-0.2, -0.15) is 9.94 Å². The number of aromatic amines is 2. The Balaban J connectivity index is 2.03. The van der Waals surface area contributed by atoms with Crippen LogP contribution in [-0.2, 0) is 0 Å². The van der Waals surface area contributed by atoms with Crippen molar-refractivity contribution in [3.63, 3.8) is 0 Å². The summed E-state index contributed by atoms with van der Waals surface area (Å²) in [5.41, 5.74) is -3.17. The number of H-pyrrole nitrogens is 2. The number of rotatable bonds is 4. The van der Waals surface area contributed by atoms with Gasteiger partial charge in [0, 0.05) is 15.7 Å². The molecule has 0 saturated heterocycles. The fourth-order valence-corrected chi connectivity index (χ4v) is 2.85. The van der Waals surface area contributed by atoms with Gasteiger partial charge in [0.05, 0.1) is 15.7 Å². The SMILES string of the molecule is [2H]C([2H])([2H])C(C)c1cc(Oc2c(Cl)cc(-n3nc(C#N)c(=O)[nH]c3=O)cc2Cl)n[nH]c1=O. The molecule has 0 bridgehead atoms. The molecule has 3 aromatic rings. The van der Waals surface area contributed by atoms with E-state index in [2.05, 4.69) is 15.3 Å². The van der Waals surface area contributed by atoms with Gasteiger partial charge in [-0.05, 0) is 18.1 Å². The molecule has 10 nitrogen and oxygen atoms in total. The first-order valence-corrected chi connectivity index (χ1v) is 8.58. The van der Waals surface area contributed by atoms with E-state index in [1.807, 2.05) is 4.98 Å². The second kappa shape index (κ2) is 7.90. The Morgan fingerprint density at radius 3 is 2.55 bits per heavy atom. The lowest BCUT2D eigenvalue weighted by molar-refractivity contribution is 0.452. The Bertz CT molecular complexity index is 1400. The normalized spacial score (nSPS) is 13.7. The van der Waals surface area contributed by atoms with Crippen LogP contribution < -0.4 is 21.5 Å². The Morgan fingerprint density at radius 2 is 1.93 bits per heavy atom. The number of hydrogen-bond acceptors (Lipinski definition) is 7. The lowest BCUT2D eigenvalue weighted by atomic mass is 10.1. The maximum absolute atomic E-state index is 12.0. The number of nitriles is 1. The second-order valence-electron chi connectivity index (χ2n) is 5.68. The topological polar surface area (TPSA) is 147 Å². The van der Waals surface area contributed by atoms with Crippen LogP contribution in [0.15, 0.2) is 32.6 Å². The zero-order valence-corrected chi connectivity index (χ0v) is 16.0. The molecule has 0 fully saturated rings. The molecule has 2 N–H and O–H groups in total. The third-order valence-electron chi connectivity index (χ3n) is 3.64. The summed E-state index contributed by atoms with van der Waals surface area (Å²) in [6.45, 7) is -1.07. The van der Waals surface area contributed by atoms with Gasteiger partial charge in [0.15, 0.2) is 5.75 Å². The highest BCUT2D eigenvalue weighted by Crippen LogP contribution is 2.37. The van der Waals surface area contributed by atoms with Crippen molar-refractivity contribution in [2.24, 2.45) is 0 Å². The number of halogens is 2. The molecule has 0 saturated carbocycles. The lowest BCUT2D eigenvalue weighted by Gasteiger charge is -2.12. The number of hydrogen-bond donors (Lipinski definition) is 2. The summed E-state index contributed by atoms with van der Waals surface area (Å²) in [7, 11) is 0. The molecule has 12 heteroatoms. The Morgan fingerprint density at radius 1 is 1.24 bits per heavy atom. The van der Waals surface area contributed by atoms with Crippen molar-refractivity contribution in [2.75, 3.05) is 0 Å². The Labute approximate surface area is 176 Å². The molecule has 2 heterocycles. The molecule has 148 valence electrons. The van der Waals surface area contributed by atoms with Crippen molar-refractivity contribution >= 4 is 23.2 Å². The first-order valence-electron chi connectivity index (χ1n) is 9.33. The molecular weight excluding hydrogens is 423 g/mol. The fourth-order valence-electron chi connectivity index (χ4n) is 2.29. The highest BCUT2D eigenvalue weighted by Gasteiger charge is 2.16. The van der Waals surface area contributed by atoms with Gasteiger partial charge < -0.3 is 4.74 Å². The summed E-state index contributed by atoms with van der Waals surface area (Å²) in [5, 5.41) is 18.2. The molecule has 2 aromatic heterocycles. The molecular formula is C17H12Cl2N6O4. The maximum atomic E-state index is 12.0.